The van der Waals surface area contributed by atoms with E-state index in [0.29, 0.717) is 32.7 Å². The van der Waals surface area contributed by atoms with Gasteiger partial charge in [-0.05, 0) is 18.4 Å². The monoisotopic (exact) mass is 337 g/mol. The van der Waals surface area contributed by atoms with Crippen molar-refractivity contribution < 1.29 is 13.2 Å². The average molecular weight is 337 g/mol. The first-order valence-electron chi connectivity index (χ1n) is 8.07. The third kappa shape index (κ3) is 3.27. The van der Waals surface area contributed by atoms with Crippen molar-refractivity contribution in [2.45, 2.75) is 25.8 Å². The zero-order valence-corrected chi connectivity index (χ0v) is 14.2. The lowest BCUT2D eigenvalue weighted by atomic mass is 10.0. The van der Waals surface area contributed by atoms with E-state index in [-0.39, 0.29) is 11.9 Å². The van der Waals surface area contributed by atoms with Crippen LogP contribution in [0.1, 0.15) is 31.4 Å². The summed E-state index contributed by atoms with van der Waals surface area (Å²) in [5.74, 6) is -0.0100. The van der Waals surface area contributed by atoms with Crippen LogP contribution >= 0.6 is 0 Å². The Morgan fingerprint density at radius 3 is 2.30 bits per heavy atom. The summed E-state index contributed by atoms with van der Waals surface area (Å²) in [4.78, 5) is 13.5. The van der Waals surface area contributed by atoms with E-state index < -0.39 is 10.2 Å². The molecule has 0 N–H and O–H groups in total. The lowest BCUT2D eigenvalue weighted by Gasteiger charge is -2.41. The molecule has 1 aromatic rings. The lowest BCUT2D eigenvalue weighted by molar-refractivity contribution is -0.131. The largest absolute Gasteiger partial charge is 0.340 e. The highest BCUT2D eigenvalue weighted by Gasteiger charge is 2.40. The Balaban J connectivity index is 1.92. The highest BCUT2D eigenvalue weighted by atomic mass is 32.2. The summed E-state index contributed by atoms with van der Waals surface area (Å²) in [6.07, 6.45) is 1.84. The summed E-state index contributed by atoms with van der Waals surface area (Å²) < 4.78 is 29.1. The molecule has 2 aliphatic heterocycles. The number of nitrogens with zero attached hydrogens (tertiary/aromatic N) is 3. The number of rotatable bonds is 3. The molecule has 6 nitrogen and oxygen atoms in total. The third-order valence-corrected chi connectivity index (χ3v) is 6.70. The van der Waals surface area contributed by atoms with Gasteiger partial charge >= 0.3 is 0 Å². The Hall–Kier alpha value is -1.44. The Labute approximate surface area is 137 Å². The predicted octanol–water partition coefficient (Wildman–Crippen LogP) is 1.23. The predicted molar refractivity (Wildman–Crippen MR) is 87.9 cm³/mol. The van der Waals surface area contributed by atoms with Crippen LogP contribution in [0, 0.1) is 0 Å². The average Bonchev–Trinajstić information content (AvgIpc) is 3.10. The van der Waals surface area contributed by atoms with Crippen molar-refractivity contribution in [3.8, 4) is 0 Å². The molecule has 2 heterocycles. The number of carbonyl (C=O) groups is 1. The first-order valence-corrected chi connectivity index (χ1v) is 9.47. The van der Waals surface area contributed by atoms with Gasteiger partial charge in [0.15, 0.2) is 0 Å². The minimum atomic E-state index is -3.48. The minimum Gasteiger partial charge on any atom is -0.340 e. The molecule has 7 heteroatoms. The molecule has 0 spiro atoms. The van der Waals surface area contributed by atoms with Crippen molar-refractivity contribution in [2.24, 2.45) is 0 Å². The van der Waals surface area contributed by atoms with Crippen LogP contribution in [0.2, 0.25) is 0 Å². The topological polar surface area (TPSA) is 60.9 Å². The zero-order valence-electron chi connectivity index (χ0n) is 13.4. The van der Waals surface area contributed by atoms with Crippen molar-refractivity contribution >= 4 is 16.1 Å². The summed E-state index contributed by atoms with van der Waals surface area (Å²) in [7, 11) is -3.48. The summed E-state index contributed by atoms with van der Waals surface area (Å²) in [6, 6.07) is 9.26. The van der Waals surface area contributed by atoms with E-state index in [9.17, 15) is 13.2 Å². The Kier molecular flexibility index (Phi) is 4.70. The van der Waals surface area contributed by atoms with Gasteiger partial charge in [-0.1, -0.05) is 30.3 Å². The number of carbonyl (C=O) groups excluding carboxylic acids is 1. The maximum absolute atomic E-state index is 13.0. The van der Waals surface area contributed by atoms with Crippen LogP contribution in [0.15, 0.2) is 30.3 Å². The van der Waals surface area contributed by atoms with Crippen molar-refractivity contribution in [3.63, 3.8) is 0 Å². The number of benzene rings is 1. The maximum Gasteiger partial charge on any atom is 0.282 e. The molecule has 1 aromatic carbocycles. The molecular formula is C16H23N3O3S. The molecular weight excluding hydrogens is 314 g/mol. The molecule has 0 bridgehead atoms. The van der Waals surface area contributed by atoms with Gasteiger partial charge < -0.3 is 4.90 Å². The molecule has 0 aromatic heterocycles. The molecule has 3 rings (SSSR count). The summed E-state index contributed by atoms with van der Waals surface area (Å²) in [6.45, 7) is 3.93. The molecule has 1 amide bonds. The number of amides is 1. The van der Waals surface area contributed by atoms with E-state index >= 15 is 0 Å². The molecule has 0 aliphatic carbocycles. The van der Waals surface area contributed by atoms with Gasteiger partial charge in [0.1, 0.15) is 0 Å². The summed E-state index contributed by atoms with van der Waals surface area (Å²) in [5, 5.41) is 0. The fourth-order valence-electron chi connectivity index (χ4n) is 3.34. The minimum absolute atomic E-state index is 0.0100. The second-order valence-electron chi connectivity index (χ2n) is 6.12. The Morgan fingerprint density at radius 2 is 1.70 bits per heavy atom. The van der Waals surface area contributed by atoms with Crippen LogP contribution in [0.3, 0.4) is 0 Å². The molecule has 2 aliphatic rings. The molecule has 126 valence electrons. The highest BCUT2D eigenvalue weighted by Crippen LogP contribution is 2.30. The Bertz CT molecular complexity index is 656. The highest BCUT2D eigenvalue weighted by molar-refractivity contribution is 7.86. The van der Waals surface area contributed by atoms with Crippen LogP contribution in [0.5, 0.6) is 0 Å². The smallest absolute Gasteiger partial charge is 0.282 e. The van der Waals surface area contributed by atoms with E-state index in [4.69, 9.17) is 0 Å². The molecule has 0 radical (unpaired) electrons. The van der Waals surface area contributed by atoms with Crippen molar-refractivity contribution in [3.05, 3.63) is 35.9 Å². The summed E-state index contributed by atoms with van der Waals surface area (Å²) >= 11 is 0. The van der Waals surface area contributed by atoms with Gasteiger partial charge in [-0.3, -0.25) is 4.79 Å². The van der Waals surface area contributed by atoms with E-state index in [1.807, 2.05) is 30.3 Å². The SMILES string of the molecule is CC(=O)N1CCN(S(=O)(=O)N2CCCC2)[C@@H](c2ccccc2)C1. The zero-order chi connectivity index (χ0) is 16.4. The van der Waals surface area contributed by atoms with E-state index in [1.54, 1.807) is 13.5 Å². The molecule has 0 saturated carbocycles. The second kappa shape index (κ2) is 6.59. The maximum atomic E-state index is 13.0. The van der Waals surface area contributed by atoms with Crippen LogP contribution in [-0.4, -0.2) is 60.6 Å². The van der Waals surface area contributed by atoms with Crippen molar-refractivity contribution in [2.75, 3.05) is 32.7 Å². The van der Waals surface area contributed by atoms with Crippen molar-refractivity contribution in [1.82, 2.24) is 13.5 Å². The first-order chi connectivity index (χ1) is 11.0. The van der Waals surface area contributed by atoms with Gasteiger partial charge in [-0.15, -0.1) is 0 Å². The molecule has 2 saturated heterocycles. The van der Waals surface area contributed by atoms with Gasteiger partial charge in [-0.25, -0.2) is 0 Å². The van der Waals surface area contributed by atoms with Gasteiger partial charge in [0.25, 0.3) is 10.2 Å². The van der Waals surface area contributed by atoms with Crippen LogP contribution in [-0.2, 0) is 15.0 Å². The quantitative estimate of drug-likeness (QED) is 0.833. The number of piperazine rings is 1. The number of hydrogen-bond donors (Lipinski definition) is 0. The fraction of sp³-hybridized carbons (Fsp3) is 0.562. The van der Waals surface area contributed by atoms with Gasteiger partial charge in [0, 0.05) is 39.6 Å². The third-order valence-electron chi connectivity index (χ3n) is 4.65. The van der Waals surface area contributed by atoms with Gasteiger partial charge in [0.05, 0.1) is 6.04 Å². The van der Waals surface area contributed by atoms with Crippen molar-refractivity contribution in [1.29, 1.82) is 0 Å². The van der Waals surface area contributed by atoms with E-state index in [1.165, 1.54) is 6.92 Å². The van der Waals surface area contributed by atoms with Gasteiger partial charge in [0.2, 0.25) is 5.91 Å². The first kappa shape index (κ1) is 16.4. The molecule has 1 atom stereocenters. The van der Waals surface area contributed by atoms with Crippen LogP contribution in [0.25, 0.3) is 0 Å². The lowest BCUT2D eigenvalue weighted by Crippen LogP contribution is -2.54. The van der Waals surface area contributed by atoms with Crippen LogP contribution < -0.4 is 0 Å². The molecule has 2 fully saturated rings. The van der Waals surface area contributed by atoms with Crippen LogP contribution in [0.4, 0.5) is 0 Å². The molecule has 0 unspecified atom stereocenters. The van der Waals surface area contributed by atoms with E-state index in [0.717, 1.165) is 18.4 Å². The Morgan fingerprint density at radius 1 is 1.04 bits per heavy atom. The van der Waals surface area contributed by atoms with E-state index in [2.05, 4.69) is 0 Å². The second-order valence-corrected chi connectivity index (χ2v) is 8.00. The molecule has 23 heavy (non-hydrogen) atoms. The standard InChI is InChI=1S/C16H23N3O3S/c1-14(20)17-11-12-19(23(21,22)18-9-5-6-10-18)16(13-17)15-7-3-2-4-8-15/h2-4,7-8,16H,5-6,9-13H2,1H3/t16-/m1/s1. The normalized spacial score (nSPS) is 24.0. The van der Waals surface area contributed by atoms with Gasteiger partial charge in [-0.2, -0.15) is 17.0 Å². The fourth-order valence-corrected chi connectivity index (χ4v) is 5.18. The number of hydrogen-bond acceptors (Lipinski definition) is 3. The summed E-state index contributed by atoms with van der Waals surface area (Å²) in [5.41, 5.74) is 0.932.